The number of carbonyl (C=O) groups excluding carboxylic acids is 1. The number of methoxy groups -OCH3 is 1. The molecule has 35 heavy (non-hydrogen) atoms. The number of carbonyl (C=O) groups is 1. The molecule has 1 N–H and O–H groups in total. The molecule has 176 valence electrons. The van der Waals surface area contributed by atoms with Gasteiger partial charge in [0.2, 0.25) is 0 Å². The van der Waals surface area contributed by atoms with Gasteiger partial charge in [0.05, 0.1) is 29.1 Å². The Labute approximate surface area is 208 Å². The lowest BCUT2D eigenvalue weighted by Gasteiger charge is -2.12. The second-order valence-corrected chi connectivity index (χ2v) is 8.84. The van der Waals surface area contributed by atoms with Crippen molar-refractivity contribution in [1.82, 2.24) is 15.0 Å². The molecule has 1 heterocycles. The fourth-order valence-corrected chi connectivity index (χ4v) is 4.29. The molecule has 5 aromatic rings. The number of hydrogen-bond donors (Lipinski definition) is 1. The van der Waals surface area contributed by atoms with Crippen LogP contribution in [0, 0.1) is 0 Å². The molecule has 0 fully saturated rings. The van der Waals surface area contributed by atoms with Crippen LogP contribution in [-0.2, 0) is 6.42 Å². The van der Waals surface area contributed by atoms with Crippen LogP contribution in [0.1, 0.15) is 35.7 Å². The minimum absolute atomic E-state index is 0.316. The number of fused-ring (bicyclic) bond motifs is 2. The van der Waals surface area contributed by atoms with Crippen molar-refractivity contribution in [2.75, 3.05) is 12.4 Å². The highest BCUT2D eigenvalue weighted by Crippen LogP contribution is 2.30. The van der Waals surface area contributed by atoms with E-state index in [2.05, 4.69) is 34.6 Å². The normalized spacial score (nSPS) is 11.2. The van der Waals surface area contributed by atoms with Crippen LogP contribution in [0.2, 0.25) is 5.02 Å². The van der Waals surface area contributed by atoms with E-state index in [1.165, 1.54) is 18.4 Å². The average molecular weight is 485 g/mol. The van der Waals surface area contributed by atoms with Crippen LogP contribution in [0.5, 0.6) is 5.75 Å². The van der Waals surface area contributed by atoms with Gasteiger partial charge in [0.25, 0.3) is 5.91 Å². The lowest BCUT2D eigenvalue weighted by Crippen LogP contribution is -2.13. The zero-order chi connectivity index (χ0) is 24.4. The number of ether oxygens (including phenoxy) is 1. The molecule has 0 saturated carbocycles. The number of aryl methyl sites for hydroxylation is 1. The number of amides is 1. The smallest absolute Gasteiger partial charge is 0.259 e. The van der Waals surface area contributed by atoms with Gasteiger partial charge in [0.1, 0.15) is 16.8 Å². The molecule has 0 bridgehead atoms. The van der Waals surface area contributed by atoms with E-state index in [0.29, 0.717) is 33.1 Å². The van der Waals surface area contributed by atoms with Gasteiger partial charge in [0.15, 0.2) is 0 Å². The molecular weight excluding hydrogens is 460 g/mol. The summed E-state index contributed by atoms with van der Waals surface area (Å²) in [5.41, 5.74) is 4.32. The number of rotatable bonds is 7. The molecule has 6 nitrogen and oxygen atoms in total. The van der Waals surface area contributed by atoms with Crippen molar-refractivity contribution in [1.29, 1.82) is 0 Å². The molecule has 0 aliphatic rings. The van der Waals surface area contributed by atoms with Crippen molar-refractivity contribution in [3.8, 4) is 11.4 Å². The third kappa shape index (κ3) is 4.70. The van der Waals surface area contributed by atoms with Crippen molar-refractivity contribution < 1.29 is 9.53 Å². The third-order valence-electron chi connectivity index (χ3n) is 6.02. The molecule has 0 aliphatic heterocycles. The summed E-state index contributed by atoms with van der Waals surface area (Å²) in [6, 6.07) is 23.2. The highest BCUT2D eigenvalue weighted by Gasteiger charge is 2.17. The fraction of sp³-hybridized carbons (Fsp3) is 0.179. The molecule has 0 radical (unpaired) electrons. The largest absolute Gasteiger partial charge is 0.496 e. The lowest BCUT2D eigenvalue weighted by molar-refractivity contribution is 0.102. The molecule has 0 atom stereocenters. The summed E-state index contributed by atoms with van der Waals surface area (Å²) in [5.74, 6) is 0.177. The van der Waals surface area contributed by atoms with Crippen LogP contribution in [0.15, 0.2) is 72.8 Å². The Morgan fingerprint density at radius 2 is 1.66 bits per heavy atom. The van der Waals surface area contributed by atoms with Crippen molar-refractivity contribution in [3.05, 3.63) is 88.9 Å². The van der Waals surface area contributed by atoms with Gasteiger partial charge in [-0.1, -0.05) is 61.3 Å². The molecule has 4 aromatic carbocycles. The number of aromatic nitrogens is 3. The van der Waals surface area contributed by atoms with Gasteiger partial charge in [0, 0.05) is 0 Å². The quantitative estimate of drug-likeness (QED) is 0.275. The van der Waals surface area contributed by atoms with E-state index in [-0.39, 0.29) is 5.91 Å². The maximum Gasteiger partial charge on any atom is 0.259 e. The Bertz CT molecular complexity index is 1530. The Morgan fingerprint density at radius 3 is 2.34 bits per heavy atom. The maximum absolute atomic E-state index is 13.2. The first kappa shape index (κ1) is 22.9. The minimum Gasteiger partial charge on any atom is -0.496 e. The number of anilines is 1. The Balaban J connectivity index is 1.43. The number of unbranched alkanes of at least 4 members (excludes halogenated alkanes) is 1. The zero-order valence-corrected chi connectivity index (χ0v) is 20.3. The van der Waals surface area contributed by atoms with Crippen molar-refractivity contribution >= 4 is 45.0 Å². The first-order valence-corrected chi connectivity index (χ1v) is 12.0. The molecule has 5 rings (SSSR count). The highest BCUT2D eigenvalue weighted by atomic mass is 35.5. The number of nitrogens with zero attached hydrogens (tertiary/aromatic N) is 3. The summed E-state index contributed by atoms with van der Waals surface area (Å²) < 4.78 is 5.48. The Morgan fingerprint density at radius 1 is 0.971 bits per heavy atom. The molecule has 0 saturated heterocycles. The van der Waals surface area contributed by atoms with Crippen LogP contribution in [0.4, 0.5) is 5.69 Å². The lowest BCUT2D eigenvalue weighted by atomic mass is 10.1. The monoisotopic (exact) mass is 484 g/mol. The van der Waals surface area contributed by atoms with E-state index in [0.717, 1.165) is 22.9 Å². The Hall–Kier alpha value is -3.90. The highest BCUT2D eigenvalue weighted by molar-refractivity contribution is 6.34. The fourth-order valence-electron chi connectivity index (χ4n) is 4.08. The standard InChI is InChI=1S/C28H25ClN4O2/c1-3-4-7-18-10-12-21(13-11-18)33-31-25-16-23(29)24(17-26(25)32-33)30-28(34)22-14-19-8-5-6-9-20(19)15-27(22)35-2/h5-6,8-17H,3-4,7H2,1-2H3,(H,30,34). The van der Waals surface area contributed by atoms with Crippen molar-refractivity contribution in [3.63, 3.8) is 0 Å². The minimum atomic E-state index is -0.316. The van der Waals surface area contributed by atoms with E-state index in [9.17, 15) is 4.79 Å². The van der Waals surface area contributed by atoms with Crippen molar-refractivity contribution in [2.24, 2.45) is 0 Å². The van der Waals surface area contributed by atoms with Crippen LogP contribution < -0.4 is 10.1 Å². The number of hydrogen-bond acceptors (Lipinski definition) is 4. The van der Waals surface area contributed by atoms with E-state index in [1.54, 1.807) is 24.0 Å². The van der Waals surface area contributed by atoms with Gasteiger partial charge in [-0.15, -0.1) is 10.2 Å². The van der Waals surface area contributed by atoms with Gasteiger partial charge < -0.3 is 10.1 Å². The number of halogens is 1. The van der Waals surface area contributed by atoms with Crippen LogP contribution >= 0.6 is 11.6 Å². The summed E-state index contributed by atoms with van der Waals surface area (Å²) in [6.45, 7) is 2.19. The molecule has 0 aliphatic carbocycles. The van der Waals surface area contributed by atoms with E-state index in [1.807, 2.05) is 48.5 Å². The van der Waals surface area contributed by atoms with Crippen molar-refractivity contribution in [2.45, 2.75) is 26.2 Å². The number of benzene rings is 4. The Kier molecular flexibility index (Phi) is 6.38. The second-order valence-electron chi connectivity index (χ2n) is 8.43. The first-order valence-electron chi connectivity index (χ1n) is 11.6. The third-order valence-corrected chi connectivity index (χ3v) is 6.33. The molecule has 0 unspecified atom stereocenters. The molecule has 1 amide bonds. The molecule has 1 aromatic heterocycles. The summed E-state index contributed by atoms with van der Waals surface area (Å²) in [7, 11) is 1.55. The van der Waals surface area contributed by atoms with E-state index in [4.69, 9.17) is 16.3 Å². The van der Waals surface area contributed by atoms with Gasteiger partial charge in [-0.3, -0.25) is 4.79 Å². The second kappa shape index (κ2) is 9.76. The average Bonchev–Trinajstić information content (AvgIpc) is 3.29. The summed E-state index contributed by atoms with van der Waals surface area (Å²) in [6.07, 6.45) is 3.40. The SMILES string of the molecule is CCCCc1ccc(-n2nc3cc(Cl)c(NC(=O)c4cc5ccccc5cc4OC)cc3n2)cc1. The topological polar surface area (TPSA) is 69.0 Å². The molecule has 7 heteroatoms. The summed E-state index contributed by atoms with van der Waals surface area (Å²) in [5, 5.41) is 14.4. The van der Waals surface area contributed by atoms with E-state index >= 15 is 0 Å². The van der Waals surface area contributed by atoms with Crippen LogP contribution in [0.3, 0.4) is 0 Å². The zero-order valence-electron chi connectivity index (χ0n) is 19.6. The maximum atomic E-state index is 13.2. The first-order chi connectivity index (χ1) is 17.1. The van der Waals surface area contributed by atoms with Gasteiger partial charge >= 0.3 is 0 Å². The summed E-state index contributed by atoms with van der Waals surface area (Å²) >= 11 is 6.51. The van der Waals surface area contributed by atoms with Gasteiger partial charge in [-0.05, 0) is 65.6 Å². The predicted molar refractivity (Wildman–Crippen MR) is 141 cm³/mol. The summed E-state index contributed by atoms with van der Waals surface area (Å²) in [4.78, 5) is 14.8. The van der Waals surface area contributed by atoms with Gasteiger partial charge in [-0.25, -0.2) is 0 Å². The van der Waals surface area contributed by atoms with E-state index < -0.39 is 0 Å². The predicted octanol–water partition coefficient (Wildman–Crippen LogP) is 6.83. The van der Waals surface area contributed by atoms with Crippen LogP contribution in [-0.4, -0.2) is 28.0 Å². The van der Waals surface area contributed by atoms with Gasteiger partial charge in [-0.2, -0.15) is 4.80 Å². The molecular formula is C28H25ClN4O2. The number of nitrogens with one attached hydrogen (secondary N) is 1. The van der Waals surface area contributed by atoms with Crippen LogP contribution in [0.25, 0.3) is 27.5 Å². The molecule has 0 spiro atoms.